The van der Waals surface area contributed by atoms with Crippen molar-refractivity contribution >= 4 is 39.1 Å². The maximum Gasteiger partial charge on any atom is 0.245 e. The summed E-state index contributed by atoms with van der Waals surface area (Å²) in [7, 11) is -3.86. The second kappa shape index (κ2) is 7.26. The molecule has 0 atom stereocenters. The van der Waals surface area contributed by atoms with Gasteiger partial charge in [-0.2, -0.15) is 4.31 Å². The van der Waals surface area contributed by atoms with Gasteiger partial charge in [0.05, 0.1) is 11.6 Å². The highest BCUT2D eigenvalue weighted by atomic mass is 35.5. The van der Waals surface area contributed by atoms with Crippen LogP contribution in [-0.2, 0) is 14.8 Å². The van der Waals surface area contributed by atoms with Gasteiger partial charge in [-0.05, 0) is 25.1 Å². The Labute approximate surface area is 128 Å². The van der Waals surface area contributed by atoms with Gasteiger partial charge >= 0.3 is 0 Å². The highest BCUT2D eigenvalue weighted by molar-refractivity contribution is 7.89. The molecule has 0 unspecified atom stereocenters. The highest BCUT2D eigenvalue weighted by Gasteiger charge is 2.27. The van der Waals surface area contributed by atoms with E-state index in [9.17, 15) is 13.2 Å². The van der Waals surface area contributed by atoms with Crippen LogP contribution in [0, 0.1) is 0 Å². The quantitative estimate of drug-likeness (QED) is 0.864. The summed E-state index contributed by atoms with van der Waals surface area (Å²) in [6.45, 7) is 3.75. The second-order valence-electron chi connectivity index (χ2n) is 3.96. The fourth-order valence-electron chi connectivity index (χ4n) is 1.59. The molecular formula is C12H16Cl2N2O3S. The topological polar surface area (TPSA) is 66.5 Å². The molecule has 1 amide bonds. The van der Waals surface area contributed by atoms with Crippen LogP contribution in [0.15, 0.2) is 23.1 Å². The highest BCUT2D eigenvalue weighted by Crippen LogP contribution is 2.27. The largest absolute Gasteiger partial charge is 0.355 e. The molecule has 0 bridgehead atoms. The average molecular weight is 339 g/mol. The van der Waals surface area contributed by atoms with Gasteiger partial charge in [0, 0.05) is 18.1 Å². The molecule has 20 heavy (non-hydrogen) atoms. The van der Waals surface area contributed by atoms with Gasteiger partial charge in [-0.15, -0.1) is 0 Å². The predicted octanol–water partition coefficient (Wildman–Crippen LogP) is 2.14. The maximum absolute atomic E-state index is 12.5. The van der Waals surface area contributed by atoms with E-state index in [1.165, 1.54) is 18.2 Å². The Morgan fingerprint density at radius 1 is 1.30 bits per heavy atom. The molecule has 0 aliphatic heterocycles. The number of nitrogens with zero attached hydrogens (tertiary/aromatic N) is 1. The lowest BCUT2D eigenvalue weighted by Crippen LogP contribution is -2.40. The van der Waals surface area contributed by atoms with Gasteiger partial charge in [0.1, 0.15) is 4.90 Å². The third-order valence-electron chi connectivity index (χ3n) is 2.56. The zero-order valence-corrected chi connectivity index (χ0v) is 13.5. The molecule has 0 aliphatic rings. The van der Waals surface area contributed by atoms with Crippen molar-refractivity contribution in [3.63, 3.8) is 0 Å². The number of nitrogens with one attached hydrogen (secondary N) is 1. The molecule has 8 heteroatoms. The van der Waals surface area contributed by atoms with Crippen LogP contribution >= 0.6 is 23.2 Å². The van der Waals surface area contributed by atoms with Crippen molar-refractivity contribution in [2.75, 3.05) is 19.6 Å². The van der Waals surface area contributed by atoms with Gasteiger partial charge in [0.25, 0.3) is 0 Å². The van der Waals surface area contributed by atoms with E-state index in [1.807, 2.05) is 0 Å². The van der Waals surface area contributed by atoms with Gasteiger partial charge < -0.3 is 5.32 Å². The van der Waals surface area contributed by atoms with Crippen LogP contribution in [0.5, 0.6) is 0 Å². The van der Waals surface area contributed by atoms with Crippen molar-refractivity contribution in [1.82, 2.24) is 9.62 Å². The number of hydrogen-bond donors (Lipinski definition) is 1. The molecule has 0 heterocycles. The fraction of sp³-hybridized carbons (Fsp3) is 0.417. The summed E-state index contributed by atoms with van der Waals surface area (Å²) in [5.74, 6) is -0.365. The minimum Gasteiger partial charge on any atom is -0.355 e. The van der Waals surface area contributed by atoms with Gasteiger partial charge in [0.15, 0.2) is 0 Å². The number of amides is 1. The maximum atomic E-state index is 12.5. The monoisotopic (exact) mass is 338 g/mol. The van der Waals surface area contributed by atoms with Crippen LogP contribution in [0.1, 0.15) is 13.8 Å². The first-order chi connectivity index (χ1) is 9.32. The van der Waals surface area contributed by atoms with Gasteiger partial charge in [0.2, 0.25) is 15.9 Å². The minimum absolute atomic E-state index is 0.0729. The number of carbonyl (C=O) groups excluding carboxylic acids is 1. The van der Waals surface area contributed by atoms with Crippen LogP contribution in [0.2, 0.25) is 10.0 Å². The Hall–Kier alpha value is -0.820. The number of likely N-dealkylation sites (N-methyl/N-ethyl adjacent to an activating group) is 2. The molecule has 1 aromatic rings. The lowest BCUT2D eigenvalue weighted by molar-refractivity contribution is -0.121. The first-order valence-electron chi connectivity index (χ1n) is 6.04. The summed E-state index contributed by atoms with van der Waals surface area (Å²) in [6, 6.07) is 4.19. The molecular weight excluding hydrogens is 323 g/mol. The molecule has 1 N–H and O–H groups in total. The summed E-state index contributed by atoms with van der Waals surface area (Å²) in [6.07, 6.45) is 0. The van der Waals surface area contributed by atoms with Crippen LogP contribution in [0.4, 0.5) is 0 Å². The molecule has 5 nitrogen and oxygen atoms in total. The smallest absolute Gasteiger partial charge is 0.245 e. The van der Waals surface area contributed by atoms with Crippen LogP contribution in [-0.4, -0.2) is 38.3 Å². The summed E-state index contributed by atoms with van der Waals surface area (Å²) < 4.78 is 26.0. The molecule has 112 valence electrons. The van der Waals surface area contributed by atoms with Gasteiger partial charge in [-0.3, -0.25) is 4.79 Å². The number of hydrogen-bond acceptors (Lipinski definition) is 3. The molecule has 0 aromatic heterocycles. The van der Waals surface area contributed by atoms with Crippen LogP contribution < -0.4 is 5.32 Å². The first kappa shape index (κ1) is 17.2. The van der Waals surface area contributed by atoms with E-state index in [1.54, 1.807) is 13.8 Å². The van der Waals surface area contributed by atoms with E-state index in [-0.39, 0.29) is 33.9 Å². The van der Waals surface area contributed by atoms with Crippen molar-refractivity contribution in [2.45, 2.75) is 18.7 Å². The number of carbonyl (C=O) groups is 1. The van der Waals surface area contributed by atoms with E-state index >= 15 is 0 Å². The van der Waals surface area contributed by atoms with Crippen molar-refractivity contribution in [2.24, 2.45) is 0 Å². The predicted molar refractivity (Wildman–Crippen MR) is 79.6 cm³/mol. The van der Waals surface area contributed by atoms with E-state index < -0.39 is 10.0 Å². The Morgan fingerprint density at radius 3 is 2.50 bits per heavy atom. The lowest BCUT2D eigenvalue weighted by atomic mass is 10.4. The normalized spacial score (nSPS) is 11.7. The van der Waals surface area contributed by atoms with Crippen LogP contribution in [0.25, 0.3) is 0 Å². The molecule has 0 saturated heterocycles. The van der Waals surface area contributed by atoms with E-state index in [0.717, 1.165) is 4.31 Å². The standard InChI is InChI=1S/C12H16Cl2N2O3S/c1-3-15-12(17)8-16(4-2)20(18,19)11-7-9(13)5-6-10(11)14/h5-7H,3-4,8H2,1-2H3,(H,15,17). The minimum atomic E-state index is -3.86. The Balaban J connectivity index is 3.12. The van der Waals surface area contributed by atoms with Crippen molar-refractivity contribution in [3.8, 4) is 0 Å². The van der Waals surface area contributed by atoms with E-state index in [2.05, 4.69) is 5.32 Å². The number of rotatable bonds is 6. The van der Waals surface area contributed by atoms with E-state index in [0.29, 0.717) is 6.54 Å². The van der Waals surface area contributed by atoms with Crippen molar-refractivity contribution in [3.05, 3.63) is 28.2 Å². The molecule has 1 rings (SSSR count). The average Bonchev–Trinajstić information content (AvgIpc) is 2.38. The molecule has 0 aliphatic carbocycles. The number of sulfonamides is 1. The lowest BCUT2D eigenvalue weighted by Gasteiger charge is -2.20. The third-order valence-corrected chi connectivity index (χ3v) is 5.20. The first-order valence-corrected chi connectivity index (χ1v) is 8.24. The zero-order valence-electron chi connectivity index (χ0n) is 11.2. The Kier molecular flexibility index (Phi) is 6.26. The van der Waals surface area contributed by atoms with Crippen LogP contribution in [0.3, 0.4) is 0 Å². The van der Waals surface area contributed by atoms with Crippen molar-refractivity contribution < 1.29 is 13.2 Å². The molecule has 1 aromatic carbocycles. The van der Waals surface area contributed by atoms with Crippen molar-refractivity contribution in [1.29, 1.82) is 0 Å². The molecule has 0 saturated carbocycles. The Bertz CT molecular complexity index is 590. The second-order valence-corrected chi connectivity index (χ2v) is 6.71. The molecule has 0 spiro atoms. The SMILES string of the molecule is CCNC(=O)CN(CC)S(=O)(=O)c1cc(Cl)ccc1Cl. The summed E-state index contributed by atoms with van der Waals surface area (Å²) in [5, 5.41) is 2.89. The summed E-state index contributed by atoms with van der Waals surface area (Å²) in [4.78, 5) is 11.5. The van der Waals surface area contributed by atoms with E-state index in [4.69, 9.17) is 23.2 Å². The fourth-order valence-corrected chi connectivity index (χ4v) is 3.74. The number of benzene rings is 1. The molecule has 0 fully saturated rings. The number of halogens is 2. The Morgan fingerprint density at radius 2 is 1.95 bits per heavy atom. The van der Waals surface area contributed by atoms with Gasteiger partial charge in [-0.1, -0.05) is 30.1 Å². The zero-order chi connectivity index (χ0) is 15.3. The van der Waals surface area contributed by atoms with Gasteiger partial charge in [-0.25, -0.2) is 8.42 Å². The molecule has 0 radical (unpaired) electrons. The summed E-state index contributed by atoms with van der Waals surface area (Å²) in [5.41, 5.74) is 0. The third kappa shape index (κ3) is 4.09. The summed E-state index contributed by atoms with van der Waals surface area (Å²) >= 11 is 11.7.